The van der Waals surface area contributed by atoms with Gasteiger partial charge in [0, 0.05) is 11.5 Å². The minimum absolute atomic E-state index is 0.727. The van der Waals surface area contributed by atoms with Crippen molar-refractivity contribution < 1.29 is 4.74 Å². The number of benzene rings is 1. The molecule has 0 bridgehead atoms. The van der Waals surface area contributed by atoms with Crippen molar-refractivity contribution in [3.8, 4) is 5.75 Å². The molecule has 1 rings (SSSR count). The maximum Gasteiger partial charge on any atom is 0.125 e. The summed E-state index contributed by atoms with van der Waals surface area (Å²) in [7, 11) is 0. The van der Waals surface area contributed by atoms with Crippen LogP contribution in [0.3, 0.4) is 0 Å². The molecule has 0 aliphatic rings. The van der Waals surface area contributed by atoms with E-state index in [1.165, 1.54) is 17.0 Å². The summed E-state index contributed by atoms with van der Waals surface area (Å²) in [6.07, 6.45) is 0. The first-order chi connectivity index (χ1) is 6.16. The molecule has 0 N–H and O–H groups in total. The highest BCUT2D eigenvalue weighted by Crippen LogP contribution is 2.28. The maximum atomic E-state index is 5.61. The van der Waals surface area contributed by atoms with Gasteiger partial charge in [-0.3, -0.25) is 0 Å². The molecule has 1 aromatic carbocycles. The molecule has 0 spiro atoms. The van der Waals surface area contributed by atoms with Gasteiger partial charge in [0.1, 0.15) is 5.75 Å². The minimum Gasteiger partial charge on any atom is -0.493 e. The van der Waals surface area contributed by atoms with Gasteiger partial charge in [-0.15, -0.1) is 0 Å². The third kappa shape index (κ3) is 2.24. The Hall–Kier alpha value is -0.980. The molecule has 1 nitrogen and oxygen atoms in total. The van der Waals surface area contributed by atoms with E-state index in [1.807, 2.05) is 6.92 Å². The number of para-hydroxylation sites is 1. The Bertz CT molecular complexity index is 276. The molecule has 0 aliphatic carbocycles. The van der Waals surface area contributed by atoms with E-state index in [1.54, 1.807) is 0 Å². The van der Waals surface area contributed by atoms with Gasteiger partial charge in [-0.2, -0.15) is 0 Å². The van der Waals surface area contributed by atoms with Crippen LogP contribution in [0.15, 0.2) is 18.2 Å². The van der Waals surface area contributed by atoms with E-state index in [0.29, 0.717) is 0 Å². The topological polar surface area (TPSA) is 9.23 Å². The second kappa shape index (κ2) is 4.31. The molecule has 13 heavy (non-hydrogen) atoms. The molecule has 1 heteroatoms. The van der Waals surface area contributed by atoms with Gasteiger partial charge in [-0.25, -0.2) is 0 Å². The third-order valence-corrected chi connectivity index (χ3v) is 2.04. The van der Waals surface area contributed by atoms with Crippen LogP contribution < -0.4 is 4.74 Å². The predicted molar refractivity (Wildman–Crippen MR) is 56.0 cm³/mol. The Kier molecular flexibility index (Phi) is 3.35. The molecule has 0 saturated heterocycles. The second-order valence-corrected chi connectivity index (χ2v) is 3.38. The van der Waals surface area contributed by atoms with Crippen LogP contribution in [-0.4, -0.2) is 6.61 Å². The Labute approximate surface area is 80.7 Å². The summed E-state index contributed by atoms with van der Waals surface area (Å²) < 4.78 is 5.61. The lowest BCUT2D eigenvalue weighted by Crippen LogP contribution is -2.00. The Morgan fingerprint density at radius 1 is 1.31 bits per heavy atom. The Morgan fingerprint density at radius 2 is 2.00 bits per heavy atom. The summed E-state index contributed by atoms with van der Waals surface area (Å²) in [6, 6.07) is 6.25. The van der Waals surface area contributed by atoms with Crippen LogP contribution in [0.5, 0.6) is 5.75 Å². The van der Waals surface area contributed by atoms with Crippen molar-refractivity contribution >= 4 is 0 Å². The van der Waals surface area contributed by atoms with E-state index in [0.717, 1.165) is 12.4 Å². The summed E-state index contributed by atoms with van der Waals surface area (Å²) in [4.78, 5) is 0. The number of hydrogen-bond donors (Lipinski definition) is 0. The predicted octanol–water partition coefficient (Wildman–Crippen LogP) is 3.36. The molecular weight excluding hydrogens is 160 g/mol. The van der Waals surface area contributed by atoms with Crippen molar-refractivity contribution in [2.75, 3.05) is 6.61 Å². The average Bonchev–Trinajstić information content (AvgIpc) is 2.08. The molecule has 1 radical (unpaired) electrons. The fraction of sp³-hybridized carbons (Fsp3) is 0.417. The number of aryl methyl sites for hydroxylation is 1. The van der Waals surface area contributed by atoms with Gasteiger partial charge in [-0.05, 0) is 19.4 Å². The lowest BCUT2D eigenvalue weighted by atomic mass is 10.00. The van der Waals surface area contributed by atoms with Crippen LogP contribution in [0.25, 0.3) is 0 Å². The summed E-state index contributed by atoms with van der Waals surface area (Å²) in [5.41, 5.74) is 2.43. The van der Waals surface area contributed by atoms with E-state index in [-0.39, 0.29) is 0 Å². The SMILES string of the molecule is CCOc1c(C)cccc1[C](C)C. The molecule has 0 heterocycles. The van der Waals surface area contributed by atoms with Crippen molar-refractivity contribution in [2.45, 2.75) is 27.7 Å². The molecule has 71 valence electrons. The molecular formula is C12H17O. The van der Waals surface area contributed by atoms with Crippen LogP contribution in [0, 0.1) is 12.8 Å². The van der Waals surface area contributed by atoms with E-state index >= 15 is 0 Å². The standard InChI is InChI=1S/C12H17O/c1-5-13-12-10(4)7-6-8-11(12)9(2)3/h6-8H,5H2,1-4H3. The first-order valence-electron chi connectivity index (χ1n) is 4.69. The van der Waals surface area contributed by atoms with Crippen molar-refractivity contribution in [3.63, 3.8) is 0 Å². The van der Waals surface area contributed by atoms with Crippen molar-refractivity contribution in [1.29, 1.82) is 0 Å². The highest BCUT2D eigenvalue weighted by atomic mass is 16.5. The Balaban J connectivity index is 3.09. The van der Waals surface area contributed by atoms with Crippen molar-refractivity contribution in [3.05, 3.63) is 35.2 Å². The van der Waals surface area contributed by atoms with Gasteiger partial charge < -0.3 is 4.74 Å². The lowest BCUT2D eigenvalue weighted by Gasteiger charge is -2.14. The van der Waals surface area contributed by atoms with Gasteiger partial charge in [0.15, 0.2) is 0 Å². The normalized spacial score (nSPS) is 10.5. The van der Waals surface area contributed by atoms with Crippen LogP contribution in [0.4, 0.5) is 0 Å². The molecule has 0 saturated carbocycles. The van der Waals surface area contributed by atoms with Gasteiger partial charge in [-0.1, -0.05) is 32.0 Å². The minimum atomic E-state index is 0.727. The largest absolute Gasteiger partial charge is 0.493 e. The van der Waals surface area contributed by atoms with Crippen molar-refractivity contribution in [1.82, 2.24) is 0 Å². The zero-order valence-electron chi connectivity index (χ0n) is 8.85. The highest BCUT2D eigenvalue weighted by Gasteiger charge is 2.09. The van der Waals surface area contributed by atoms with E-state index in [2.05, 4.69) is 39.0 Å². The monoisotopic (exact) mass is 177 g/mol. The van der Waals surface area contributed by atoms with E-state index < -0.39 is 0 Å². The van der Waals surface area contributed by atoms with Gasteiger partial charge >= 0.3 is 0 Å². The van der Waals surface area contributed by atoms with Gasteiger partial charge in [0.05, 0.1) is 6.61 Å². The van der Waals surface area contributed by atoms with Crippen LogP contribution in [0.1, 0.15) is 31.9 Å². The van der Waals surface area contributed by atoms with E-state index in [4.69, 9.17) is 4.74 Å². The Morgan fingerprint density at radius 3 is 2.54 bits per heavy atom. The smallest absolute Gasteiger partial charge is 0.125 e. The van der Waals surface area contributed by atoms with Crippen molar-refractivity contribution in [2.24, 2.45) is 0 Å². The van der Waals surface area contributed by atoms with Gasteiger partial charge in [0.2, 0.25) is 0 Å². The molecule has 0 atom stereocenters. The number of hydrogen-bond acceptors (Lipinski definition) is 1. The van der Waals surface area contributed by atoms with Crippen LogP contribution in [0.2, 0.25) is 0 Å². The third-order valence-electron chi connectivity index (χ3n) is 2.04. The molecule has 1 aromatic rings. The molecule has 0 aromatic heterocycles. The fourth-order valence-corrected chi connectivity index (χ4v) is 1.38. The van der Waals surface area contributed by atoms with Crippen LogP contribution in [-0.2, 0) is 0 Å². The zero-order chi connectivity index (χ0) is 9.84. The van der Waals surface area contributed by atoms with E-state index in [9.17, 15) is 0 Å². The summed E-state index contributed by atoms with van der Waals surface area (Å²) in [5, 5.41) is 0. The van der Waals surface area contributed by atoms with Crippen LogP contribution >= 0.6 is 0 Å². The quantitative estimate of drug-likeness (QED) is 0.688. The number of rotatable bonds is 3. The summed E-state index contributed by atoms with van der Waals surface area (Å²) in [6.45, 7) is 9.04. The summed E-state index contributed by atoms with van der Waals surface area (Å²) in [5.74, 6) is 2.33. The first kappa shape index (κ1) is 10.1. The lowest BCUT2D eigenvalue weighted by molar-refractivity contribution is 0.335. The maximum absolute atomic E-state index is 5.61. The zero-order valence-corrected chi connectivity index (χ0v) is 8.85. The molecule has 0 aliphatic heterocycles. The molecule has 0 unspecified atom stereocenters. The van der Waals surface area contributed by atoms with Gasteiger partial charge in [0.25, 0.3) is 0 Å². The number of ether oxygens (including phenoxy) is 1. The summed E-state index contributed by atoms with van der Waals surface area (Å²) >= 11 is 0. The second-order valence-electron chi connectivity index (χ2n) is 3.38. The molecule has 0 amide bonds. The molecule has 0 fully saturated rings. The first-order valence-corrected chi connectivity index (χ1v) is 4.69. The highest BCUT2D eigenvalue weighted by molar-refractivity contribution is 5.47. The fourth-order valence-electron chi connectivity index (χ4n) is 1.38. The average molecular weight is 177 g/mol.